The number of unbranched alkanes of at least 4 members (excludes halogenated alkanes) is 17. The van der Waals surface area contributed by atoms with Crippen molar-refractivity contribution in [1.29, 1.82) is 0 Å². The van der Waals surface area contributed by atoms with Crippen LogP contribution in [0.3, 0.4) is 0 Å². The summed E-state index contributed by atoms with van der Waals surface area (Å²) in [6, 6.07) is -0.735. The van der Waals surface area contributed by atoms with Crippen LogP contribution in [0, 0.1) is 0 Å². The molecule has 0 amide bonds. The third kappa shape index (κ3) is 38.1. The monoisotopic (exact) mass is 798 g/mol. The number of likely N-dealkylation sites (N-methyl/N-ethyl adjacent to an activating group) is 1. The van der Waals surface area contributed by atoms with Crippen molar-refractivity contribution in [3.8, 4) is 0 Å². The van der Waals surface area contributed by atoms with Gasteiger partial charge in [0.2, 0.25) is 0 Å². The molecule has 2 unspecified atom stereocenters. The molecule has 0 saturated carbocycles. The standard InChI is InChI=1S/C49H83NO7/c1-6-8-10-12-14-16-18-20-22-23-24-26-28-30-32-34-36-38-40-48(52)57-45(43-55-42-41-46(49(53)54)50(3,4)5)44-56-47(51)39-37-35-33-31-29-27-25-21-19-17-15-13-11-9-7-2/h14-24,26,45-46H,6-13,25,27-44H2,1-5H3/b16-14+,17-15+,20-18+,21-19+,23-22+,26-24+. The molecule has 0 spiro atoms. The predicted molar refractivity (Wildman–Crippen MR) is 235 cm³/mol. The van der Waals surface area contributed by atoms with Crippen molar-refractivity contribution >= 4 is 17.9 Å². The average molecular weight is 798 g/mol. The number of aliphatic carboxylic acids is 1. The number of nitrogens with zero attached hydrogens (tertiary/aromatic N) is 1. The van der Waals surface area contributed by atoms with Gasteiger partial charge in [-0.25, -0.2) is 0 Å². The van der Waals surface area contributed by atoms with Gasteiger partial charge in [-0.1, -0.05) is 157 Å². The van der Waals surface area contributed by atoms with Crippen molar-refractivity contribution < 1.29 is 38.2 Å². The van der Waals surface area contributed by atoms with Crippen molar-refractivity contribution in [1.82, 2.24) is 0 Å². The molecule has 0 radical (unpaired) electrons. The van der Waals surface area contributed by atoms with Gasteiger partial charge in [0, 0.05) is 19.3 Å². The Morgan fingerprint density at radius 3 is 1.39 bits per heavy atom. The zero-order valence-corrected chi connectivity index (χ0v) is 37.0. The molecule has 326 valence electrons. The molecular weight excluding hydrogens is 715 g/mol. The van der Waals surface area contributed by atoms with E-state index in [1.54, 1.807) is 21.1 Å². The number of carbonyl (C=O) groups excluding carboxylic acids is 3. The molecule has 0 fully saturated rings. The molecule has 0 aromatic rings. The highest BCUT2D eigenvalue weighted by Gasteiger charge is 2.25. The molecule has 0 aromatic carbocycles. The van der Waals surface area contributed by atoms with E-state index in [9.17, 15) is 19.5 Å². The van der Waals surface area contributed by atoms with E-state index in [-0.39, 0.29) is 49.1 Å². The summed E-state index contributed by atoms with van der Waals surface area (Å²) in [7, 11) is 5.39. The molecule has 0 aliphatic carbocycles. The van der Waals surface area contributed by atoms with E-state index in [2.05, 4.69) is 80.7 Å². The minimum atomic E-state index is -1.13. The number of quaternary nitrogens is 1. The first-order chi connectivity index (χ1) is 27.6. The van der Waals surface area contributed by atoms with Crippen LogP contribution in [0.5, 0.6) is 0 Å². The Hall–Kier alpha value is -3.23. The third-order valence-corrected chi connectivity index (χ3v) is 9.69. The van der Waals surface area contributed by atoms with Gasteiger partial charge in [0.05, 0.1) is 40.3 Å². The fourth-order valence-electron chi connectivity index (χ4n) is 6.13. The Morgan fingerprint density at radius 2 is 0.930 bits per heavy atom. The molecule has 0 heterocycles. The van der Waals surface area contributed by atoms with Gasteiger partial charge < -0.3 is 28.6 Å². The summed E-state index contributed by atoms with van der Waals surface area (Å²) >= 11 is 0. The zero-order valence-electron chi connectivity index (χ0n) is 37.0. The summed E-state index contributed by atoms with van der Waals surface area (Å²) in [5.74, 6) is -1.79. The van der Waals surface area contributed by atoms with Gasteiger partial charge >= 0.3 is 11.9 Å². The molecule has 8 nitrogen and oxygen atoms in total. The number of allylic oxidation sites excluding steroid dienone is 12. The highest BCUT2D eigenvalue weighted by Crippen LogP contribution is 2.13. The molecule has 0 bridgehead atoms. The molecule has 0 aromatic heterocycles. The third-order valence-electron chi connectivity index (χ3n) is 9.69. The largest absolute Gasteiger partial charge is 0.544 e. The summed E-state index contributed by atoms with van der Waals surface area (Å²) < 4.78 is 17.1. The first-order valence-corrected chi connectivity index (χ1v) is 22.5. The number of esters is 2. The van der Waals surface area contributed by atoms with Crippen molar-refractivity contribution in [2.45, 2.75) is 180 Å². The van der Waals surface area contributed by atoms with Crippen molar-refractivity contribution in [3.63, 3.8) is 0 Å². The van der Waals surface area contributed by atoms with Gasteiger partial charge in [-0.3, -0.25) is 9.59 Å². The SMILES string of the molecule is CCCCC/C=C/C=C/C=C/C=C/CCCCCCCC(=O)OC(COCCC(C(=O)[O-])[N+](C)(C)C)COC(=O)CCCCCCCC/C=C/C=C/CCCCC. The maximum atomic E-state index is 12.7. The number of hydrogen-bond donors (Lipinski definition) is 0. The average Bonchev–Trinajstić information content (AvgIpc) is 3.17. The Balaban J connectivity index is 4.43. The maximum absolute atomic E-state index is 12.7. The summed E-state index contributed by atoms with van der Waals surface area (Å²) in [4.78, 5) is 36.9. The fourth-order valence-corrected chi connectivity index (χ4v) is 6.13. The second kappa shape index (κ2) is 39.6. The van der Waals surface area contributed by atoms with E-state index >= 15 is 0 Å². The normalized spacial score (nSPS) is 13.6. The van der Waals surface area contributed by atoms with Gasteiger partial charge in [-0.2, -0.15) is 0 Å². The Kier molecular flexibility index (Phi) is 37.3. The van der Waals surface area contributed by atoms with Crippen LogP contribution >= 0.6 is 0 Å². The quantitative estimate of drug-likeness (QED) is 0.0264. The summed E-state index contributed by atoms with van der Waals surface area (Å²) in [6.45, 7) is 4.54. The first kappa shape index (κ1) is 53.8. The number of carboxylic acids is 1. The molecular formula is C49H83NO7. The first-order valence-electron chi connectivity index (χ1n) is 22.5. The van der Waals surface area contributed by atoms with Crippen LogP contribution in [0.4, 0.5) is 0 Å². The summed E-state index contributed by atoms with van der Waals surface area (Å²) in [5, 5.41) is 11.6. The lowest BCUT2D eigenvalue weighted by Gasteiger charge is -2.34. The van der Waals surface area contributed by atoms with Crippen LogP contribution < -0.4 is 5.11 Å². The number of rotatable bonds is 39. The second-order valence-electron chi connectivity index (χ2n) is 16.0. The lowest BCUT2D eigenvalue weighted by molar-refractivity contribution is -0.889. The van der Waals surface area contributed by atoms with Crippen LogP contribution in [0.2, 0.25) is 0 Å². The van der Waals surface area contributed by atoms with Gasteiger partial charge in [-0.05, 0) is 64.2 Å². The molecule has 0 rings (SSSR count). The number of ether oxygens (including phenoxy) is 3. The lowest BCUT2D eigenvalue weighted by Crippen LogP contribution is -2.55. The minimum absolute atomic E-state index is 0.0233. The number of carbonyl (C=O) groups is 3. The van der Waals surface area contributed by atoms with Crippen LogP contribution in [0.1, 0.15) is 168 Å². The second-order valence-corrected chi connectivity index (χ2v) is 16.0. The van der Waals surface area contributed by atoms with Crippen molar-refractivity contribution in [3.05, 3.63) is 72.9 Å². The molecule has 0 aliphatic heterocycles. The Bertz CT molecular complexity index is 1160. The van der Waals surface area contributed by atoms with E-state index in [1.807, 2.05) is 6.08 Å². The molecule has 0 aliphatic rings. The van der Waals surface area contributed by atoms with E-state index in [0.29, 0.717) is 6.42 Å². The highest BCUT2D eigenvalue weighted by molar-refractivity contribution is 5.70. The van der Waals surface area contributed by atoms with Gasteiger partial charge in [0.25, 0.3) is 0 Å². The topological polar surface area (TPSA) is 102 Å². The summed E-state index contributed by atoms with van der Waals surface area (Å²) in [6.07, 6.45) is 49.1. The molecule has 8 heteroatoms. The maximum Gasteiger partial charge on any atom is 0.306 e. The lowest BCUT2D eigenvalue weighted by atomic mass is 10.1. The smallest absolute Gasteiger partial charge is 0.306 e. The molecule has 57 heavy (non-hydrogen) atoms. The van der Waals surface area contributed by atoms with Crippen molar-refractivity contribution in [2.75, 3.05) is 41.0 Å². The van der Waals surface area contributed by atoms with Gasteiger partial charge in [0.1, 0.15) is 12.6 Å². The molecule has 0 saturated heterocycles. The Labute approximate surface area is 349 Å². The molecule has 2 atom stereocenters. The number of carboxylic acid groups (broad SMARTS) is 1. The molecule has 0 N–H and O–H groups in total. The Morgan fingerprint density at radius 1 is 0.526 bits per heavy atom. The van der Waals surface area contributed by atoms with E-state index in [0.717, 1.165) is 83.5 Å². The minimum Gasteiger partial charge on any atom is -0.544 e. The zero-order chi connectivity index (χ0) is 42.1. The fraction of sp³-hybridized carbons (Fsp3) is 0.694. The van der Waals surface area contributed by atoms with Crippen LogP contribution in [-0.2, 0) is 28.6 Å². The highest BCUT2D eigenvalue weighted by atomic mass is 16.6. The van der Waals surface area contributed by atoms with Gasteiger partial charge in [0.15, 0.2) is 6.10 Å². The van der Waals surface area contributed by atoms with Crippen LogP contribution in [-0.4, -0.2) is 75.5 Å². The van der Waals surface area contributed by atoms with E-state index in [1.165, 1.54) is 51.4 Å². The van der Waals surface area contributed by atoms with E-state index < -0.39 is 18.1 Å². The van der Waals surface area contributed by atoms with Crippen LogP contribution in [0.15, 0.2) is 72.9 Å². The van der Waals surface area contributed by atoms with Crippen LogP contribution in [0.25, 0.3) is 0 Å². The summed E-state index contributed by atoms with van der Waals surface area (Å²) in [5.41, 5.74) is 0. The van der Waals surface area contributed by atoms with E-state index in [4.69, 9.17) is 14.2 Å². The number of hydrogen-bond acceptors (Lipinski definition) is 7. The van der Waals surface area contributed by atoms with Gasteiger partial charge in [-0.15, -0.1) is 0 Å². The van der Waals surface area contributed by atoms with Crippen molar-refractivity contribution in [2.24, 2.45) is 0 Å². The predicted octanol–water partition coefficient (Wildman–Crippen LogP) is 11.0.